The monoisotopic (exact) mass is 438 g/mol. The highest BCUT2D eigenvalue weighted by Gasteiger charge is 2.36. The van der Waals surface area contributed by atoms with Gasteiger partial charge in [0.05, 0.1) is 16.1 Å². The van der Waals surface area contributed by atoms with Crippen molar-refractivity contribution in [3.8, 4) is 0 Å². The molecule has 1 saturated heterocycles. The quantitative estimate of drug-likeness (QED) is 0.334. The average Bonchev–Trinajstić information content (AvgIpc) is 3.31. The smallest absolute Gasteiger partial charge is 0.298 e. The van der Waals surface area contributed by atoms with E-state index in [9.17, 15) is 9.59 Å². The Morgan fingerprint density at radius 3 is 2.31 bits per heavy atom. The van der Waals surface area contributed by atoms with Crippen LogP contribution in [0.1, 0.15) is 23.6 Å². The van der Waals surface area contributed by atoms with Crippen molar-refractivity contribution in [1.29, 1.82) is 0 Å². The summed E-state index contributed by atoms with van der Waals surface area (Å²) in [5.41, 5.74) is 5.19. The lowest BCUT2D eigenvalue weighted by Gasteiger charge is -2.11. The zero-order chi connectivity index (χ0) is 22.1. The number of hydrogen-bond donors (Lipinski definition) is 0. The first-order chi connectivity index (χ1) is 15.7. The van der Waals surface area contributed by atoms with Crippen LogP contribution in [0.4, 0.5) is 10.5 Å². The summed E-state index contributed by atoms with van der Waals surface area (Å²) in [5.74, 6) is -0.276. The zero-order valence-electron chi connectivity index (χ0n) is 17.7. The van der Waals surface area contributed by atoms with Crippen molar-refractivity contribution in [3.05, 3.63) is 107 Å². The van der Waals surface area contributed by atoms with Gasteiger partial charge in [0.25, 0.3) is 11.1 Å². The number of benzene rings is 3. The van der Waals surface area contributed by atoms with Crippen molar-refractivity contribution >= 4 is 45.6 Å². The molecule has 0 spiro atoms. The number of amides is 2. The Hall–Kier alpha value is -3.57. The molecule has 0 bridgehead atoms. The number of anilines is 1. The zero-order valence-corrected chi connectivity index (χ0v) is 18.5. The van der Waals surface area contributed by atoms with Gasteiger partial charge in [-0.25, -0.2) is 4.90 Å². The number of carbonyl (C=O) groups excluding carboxylic acids is 2. The molecule has 1 aromatic heterocycles. The van der Waals surface area contributed by atoms with E-state index in [-0.39, 0.29) is 11.1 Å². The topological polar surface area (TPSA) is 42.3 Å². The summed E-state index contributed by atoms with van der Waals surface area (Å²) in [6, 6.07) is 25.7. The summed E-state index contributed by atoms with van der Waals surface area (Å²) in [6.45, 7) is 2.90. The molecule has 0 aliphatic carbocycles. The molecule has 1 aliphatic heterocycles. The molecule has 3 aromatic carbocycles. The van der Waals surface area contributed by atoms with Crippen LogP contribution in [0.25, 0.3) is 17.0 Å². The maximum absolute atomic E-state index is 13.1. The molecular weight excluding hydrogens is 416 g/mol. The van der Waals surface area contributed by atoms with Crippen LogP contribution < -0.4 is 4.90 Å². The van der Waals surface area contributed by atoms with Crippen LogP contribution in [-0.4, -0.2) is 15.7 Å². The van der Waals surface area contributed by atoms with E-state index in [4.69, 9.17) is 0 Å². The molecule has 4 nitrogen and oxygen atoms in total. The van der Waals surface area contributed by atoms with Crippen molar-refractivity contribution in [2.24, 2.45) is 0 Å². The third-order valence-corrected chi connectivity index (χ3v) is 6.55. The minimum Gasteiger partial charge on any atom is -0.342 e. The van der Waals surface area contributed by atoms with Gasteiger partial charge in [-0.2, -0.15) is 0 Å². The van der Waals surface area contributed by atoms with Crippen LogP contribution in [0.2, 0.25) is 0 Å². The Morgan fingerprint density at radius 2 is 1.59 bits per heavy atom. The standard InChI is InChI=1S/C27H22N2O2S/c1-2-20-12-9-15-23-21(18-28(25(20)23)17-19-10-5-3-6-11-19)16-24-26(30)29(27(31)32-24)22-13-7-4-8-14-22/h3-16,18H,2,17H2,1H3/b24-16-. The SMILES string of the molecule is CCc1cccc2c(/C=C3\SC(=O)N(c4ccccc4)C3=O)cn(Cc3ccccc3)c12. The van der Waals surface area contributed by atoms with E-state index in [0.717, 1.165) is 35.7 Å². The van der Waals surface area contributed by atoms with E-state index >= 15 is 0 Å². The molecule has 2 heterocycles. The van der Waals surface area contributed by atoms with Gasteiger partial charge >= 0.3 is 0 Å². The van der Waals surface area contributed by atoms with Crippen molar-refractivity contribution in [3.63, 3.8) is 0 Å². The fourth-order valence-corrected chi connectivity index (χ4v) is 5.01. The second kappa shape index (κ2) is 8.52. The molecule has 0 unspecified atom stereocenters. The van der Waals surface area contributed by atoms with Crippen LogP contribution in [0.5, 0.6) is 0 Å². The largest absolute Gasteiger partial charge is 0.342 e. The van der Waals surface area contributed by atoms with E-state index in [2.05, 4.69) is 48.0 Å². The number of nitrogens with zero attached hydrogens (tertiary/aromatic N) is 2. The van der Waals surface area contributed by atoms with Crippen molar-refractivity contribution in [2.45, 2.75) is 19.9 Å². The Balaban J connectivity index is 1.58. The summed E-state index contributed by atoms with van der Waals surface area (Å²) in [5, 5.41) is 0.821. The summed E-state index contributed by atoms with van der Waals surface area (Å²) < 4.78 is 2.25. The summed E-state index contributed by atoms with van der Waals surface area (Å²) in [6.07, 6.45) is 4.87. The predicted octanol–water partition coefficient (Wildman–Crippen LogP) is 6.49. The lowest BCUT2D eigenvalue weighted by Crippen LogP contribution is -2.27. The van der Waals surface area contributed by atoms with Gasteiger partial charge in [0.2, 0.25) is 0 Å². The minimum absolute atomic E-state index is 0.269. The van der Waals surface area contributed by atoms with Crippen LogP contribution in [-0.2, 0) is 17.8 Å². The van der Waals surface area contributed by atoms with Gasteiger partial charge < -0.3 is 4.57 Å². The molecule has 1 aliphatic rings. The highest BCUT2D eigenvalue weighted by Crippen LogP contribution is 2.37. The Bertz CT molecular complexity index is 1340. The normalized spacial score (nSPS) is 15.3. The van der Waals surface area contributed by atoms with E-state index in [1.54, 1.807) is 12.1 Å². The van der Waals surface area contributed by atoms with E-state index in [1.165, 1.54) is 21.5 Å². The van der Waals surface area contributed by atoms with Gasteiger partial charge in [0, 0.05) is 23.7 Å². The molecule has 4 aromatic rings. The molecule has 5 heteroatoms. The molecular formula is C27H22N2O2S. The lowest BCUT2D eigenvalue weighted by molar-refractivity contribution is -0.113. The van der Waals surface area contributed by atoms with Crippen LogP contribution in [0.3, 0.4) is 0 Å². The third-order valence-electron chi connectivity index (χ3n) is 5.68. The van der Waals surface area contributed by atoms with Gasteiger partial charge in [-0.1, -0.05) is 73.7 Å². The highest BCUT2D eigenvalue weighted by molar-refractivity contribution is 8.19. The van der Waals surface area contributed by atoms with Crippen LogP contribution >= 0.6 is 11.8 Å². The molecule has 2 amide bonds. The highest BCUT2D eigenvalue weighted by atomic mass is 32.2. The maximum atomic E-state index is 13.1. The number of fused-ring (bicyclic) bond motifs is 1. The van der Waals surface area contributed by atoms with E-state index in [1.807, 2.05) is 42.5 Å². The van der Waals surface area contributed by atoms with Crippen LogP contribution in [0.15, 0.2) is 90.0 Å². The number of hydrogen-bond acceptors (Lipinski definition) is 3. The third kappa shape index (κ3) is 3.65. The minimum atomic E-state index is -0.276. The molecule has 158 valence electrons. The van der Waals surface area contributed by atoms with Crippen molar-refractivity contribution in [1.82, 2.24) is 4.57 Å². The predicted molar refractivity (Wildman–Crippen MR) is 132 cm³/mol. The second-order valence-electron chi connectivity index (χ2n) is 7.72. The maximum Gasteiger partial charge on any atom is 0.298 e. The van der Waals surface area contributed by atoms with Gasteiger partial charge in [-0.3, -0.25) is 9.59 Å². The number of imide groups is 1. The first-order valence-electron chi connectivity index (χ1n) is 10.6. The fourth-order valence-electron chi connectivity index (χ4n) is 4.18. The lowest BCUT2D eigenvalue weighted by atomic mass is 10.1. The first-order valence-corrected chi connectivity index (χ1v) is 11.4. The first kappa shape index (κ1) is 20.3. The Kier molecular flexibility index (Phi) is 5.41. The molecule has 5 rings (SSSR count). The van der Waals surface area contributed by atoms with Gasteiger partial charge in [-0.15, -0.1) is 0 Å². The summed E-state index contributed by atoms with van der Waals surface area (Å²) in [4.78, 5) is 27.4. The molecule has 1 fully saturated rings. The molecule has 32 heavy (non-hydrogen) atoms. The van der Waals surface area contributed by atoms with Gasteiger partial charge in [-0.05, 0) is 47.5 Å². The number of para-hydroxylation sites is 2. The van der Waals surface area contributed by atoms with Crippen molar-refractivity contribution < 1.29 is 9.59 Å². The summed E-state index contributed by atoms with van der Waals surface area (Å²) in [7, 11) is 0. The number of carbonyl (C=O) groups is 2. The Labute approximate surface area is 191 Å². The number of rotatable bonds is 5. The van der Waals surface area contributed by atoms with Gasteiger partial charge in [0.1, 0.15) is 0 Å². The fraction of sp³-hybridized carbons (Fsp3) is 0.111. The van der Waals surface area contributed by atoms with Crippen molar-refractivity contribution in [2.75, 3.05) is 4.90 Å². The number of aryl methyl sites for hydroxylation is 1. The summed E-state index contributed by atoms with van der Waals surface area (Å²) >= 11 is 0.992. The molecule has 0 radical (unpaired) electrons. The van der Waals surface area contributed by atoms with E-state index in [0.29, 0.717) is 10.6 Å². The second-order valence-corrected chi connectivity index (χ2v) is 8.71. The Morgan fingerprint density at radius 1 is 0.875 bits per heavy atom. The molecule has 0 saturated carbocycles. The van der Waals surface area contributed by atoms with Crippen LogP contribution in [0, 0.1) is 0 Å². The van der Waals surface area contributed by atoms with Gasteiger partial charge in [0.15, 0.2) is 0 Å². The molecule has 0 atom stereocenters. The van der Waals surface area contributed by atoms with E-state index < -0.39 is 0 Å². The molecule has 0 N–H and O–H groups in total. The average molecular weight is 439 g/mol. The number of aromatic nitrogens is 1. The number of thioether (sulfide) groups is 1.